The predicted octanol–water partition coefficient (Wildman–Crippen LogP) is 8.28. The summed E-state index contributed by atoms with van der Waals surface area (Å²) in [5.74, 6) is -0.838. The Kier molecular flexibility index (Phi) is 9.24. The number of carbonyl (C=O) groups excluding carboxylic acids is 2. The second-order valence-electron chi connectivity index (χ2n) is 13.2. The van der Waals surface area contributed by atoms with Crippen molar-refractivity contribution < 1.29 is 36.6 Å². The topological polar surface area (TPSA) is 96.2 Å². The van der Waals surface area contributed by atoms with Crippen LogP contribution in [0.5, 0.6) is 0 Å². The van der Waals surface area contributed by atoms with Crippen LogP contribution in [-0.2, 0) is 18.9 Å². The van der Waals surface area contributed by atoms with Crippen LogP contribution in [0.1, 0.15) is 84.6 Å². The number of fused-ring (bicyclic) bond motifs is 3. The summed E-state index contributed by atoms with van der Waals surface area (Å²) < 4.78 is 70.8. The number of halogens is 6. The third-order valence-electron chi connectivity index (χ3n) is 9.33. The molecule has 1 aromatic heterocycles. The highest BCUT2D eigenvalue weighted by Gasteiger charge is 2.49. The van der Waals surface area contributed by atoms with Gasteiger partial charge in [-0.2, -0.15) is 18.3 Å². The molecule has 258 valence electrons. The van der Waals surface area contributed by atoms with Crippen LogP contribution in [0.25, 0.3) is 10.9 Å². The lowest BCUT2D eigenvalue weighted by Gasteiger charge is -2.38. The van der Waals surface area contributed by atoms with Crippen molar-refractivity contribution in [3.63, 3.8) is 0 Å². The van der Waals surface area contributed by atoms with Gasteiger partial charge in [0.25, 0.3) is 11.8 Å². The average molecular weight is 717 g/mol. The smallest absolute Gasteiger partial charge is 0.363 e. The normalized spacial score (nSPS) is 16.3. The second kappa shape index (κ2) is 12.6. The van der Waals surface area contributed by atoms with E-state index in [1.54, 1.807) is 7.05 Å². The van der Waals surface area contributed by atoms with Crippen LogP contribution in [-0.4, -0.2) is 34.8 Å². The third kappa shape index (κ3) is 6.11. The maximum Gasteiger partial charge on any atom is 0.416 e. The van der Waals surface area contributed by atoms with E-state index in [1.807, 2.05) is 0 Å². The van der Waals surface area contributed by atoms with Crippen molar-refractivity contribution in [2.75, 3.05) is 5.32 Å². The molecule has 3 aromatic carbocycles. The number of amides is 2. The molecule has 0 fully saturated rings. The number of anilines is 1. The van der Waals surface area contributed by atoms with E-state index in [9.17, 15) is 36.6 Å². The number of hydrogen-bond donors (Lipinski definition) is 3. The lowest BCUT2D eigenvalue weighted by atomic mass is 9.91. The second-order valence-corrected chi connectivity index (χ2v) is 19.1. The number of aromatic nitrogens is 2. The van der Waals surface area contributed by atoms with E-state index >= 15 is 0 Å². The lowest BCUT2D eigenvalue weighted by molar-refractivity contribution is -0.137. The van der Waals surface area contributed by atoms with Gasteiger partial charge >= 0.3 is 6.18 Å². The predicted molar refractivity (Wildman–Crippen MR) is 180 cm³/mol. The molecule has 0 aliphatic carbocycles. The van der Waals surface area contributed by atoms with Gasteiger partial charge in [-0.05, 0) is 59.1 Å². The van der Waals surface area contributed by atoms with E-state index in [0.29, 0.717) is 23.2 Å². The zero-order valence-corrected chi connectivity index (χ0v) is 29.5. The van der Waals surface area contributed by atoms with Gasteiger partial charge in [-0.25, -0.2) is 8.78 Å². The van der Waals surface area contributed by atoms with Gasteiger partial charge < -0.3 is 15.7 Å². The Hall–Kier alpha value is -4.25. The molecule has 0 bridgehead atoms. The molecular weight excluding hydrogens is 683 g/mol. The largest absolute Gasteiger partial charge is 0.416 e. The molecule has 1 unspecified atom stereocenters. The molecule has 0 radical (unpaired) electrons. The fourth-order valence-corrected chi connectivity index (χ4v) is 12.6. The van der Waals surface area contributed by atoms with Gasteiger partial charge in [0, 0.05) is 34.1 Å². The number of hydrogen-bond acceptors (Lipinski definition) is 4. The Bertz CT molecular complexity index is 2060. The first-order valence-corrected chi connectivity index (χ1v) is 18.1. The highest BCUT2D eigenvalue weighted by molar-refractivity contribution is 6.90. The molecule has 0 saturated carbocycles. The average Bonchev–Trinajstić information content (AvgIpc) is 3.45. The van der Waals surface area contributed by atoms with Crippen LogP contribution in [0.4, 0.5) is 27.6 Å². The van der Waals surface area contributed by atoms with Gasteiger partial charge in [-0.15, -0.1) is 5.54 Å². The molecule has 3 N–H and O–H groups in total. The van der Waals surface area contributed by atoms with Gasteiger partial charge in [0.2, 0.25) is 0 Å². The summed E-state index contributed by atoms with van der Waals surface area (Å²) in [6.07, 6.45) is -4.95. The minimum absolute atomic E-state index is 0.0942. The Balaban J connectivity index is 1.81. The molecular formula is C35H34ClF5N4O3Si. The van der Waals surface area contributed by atoms with Crippen molar-refractivity contribution in [2.45, 2.75) is 70.1 Å². The number of benzene rings is 3. The molecule has 0 spiro atoms. The maximum atomic E-state index is 14.5. The first-order chi connectivity index (χ1) is 22.7. The van der Waals surface area contributed by atoms with Crippen LogP contribution in [0.15, 0.2) is 42.5 Å². The summed E-state index contributed by atoms with van der Waals surface area (Å²) in [5.41, 5.74) is -0.701. The van der Waals surface area contributed by atoms with Crippen molar-refractivity contribution >= 4 is 48.1 Å². The van der Waals surface area contributed by atoms with Gasteiger partial charge in [-0.3, -0.25) is 14.3 Å². The van der Waals surface area contributed by atoms with Crippen molar-refractivity contribution in [1.82, 2.24) is 15.1 Å². The minimum atomic E-state index is -4.95. The van der Waals surface area contributed by atoms with Gasteiger partial charge in [0.05, 0.1) is 16.8 Å². The summed E-state index contributed by atoms with van der Waals surface area (Å²) >= 11 is 6.37. The fourth-order valence-electron chi connectivity index (χ4n) is 7.12. The summed E-state index contributed by atoms with van der Waals surface area (Å²) in [6.45, 7) is 12.8. The van der Waals surface area contributed by atoms with Crippen LogP contribution in [0, 0.1) is 23.1 Å². The van der Waals surface area contributed by atoms with E-state index in [-0.39, 0.29) is 55.6 Å². The van der Waals surface area contributed by atoms with Crippen LogP contribution in [0.3, 0.4) is 0 Å². The van der Waals surface area contributed by atoms with E-state index in [4.69, 9.17) is 11.6 Å². The molecule has 1 aliphatic rings. The first-order valence-electron chi connectivity index (χ1n) is 15.5. The standard InChI is InChI=1S/C35H34ClF5N4O3Si/c1-17(2)49(18(3)4,19(5)6)11-10-28-24-16-27(42-32(46)20-12-21(35(39,40)41)14-23(38)13-20)30-29(31(24)44-45(28)7)33(47)43-34(30,48)25-15-22(37)8-9-26(25)36/h8-9,12-19,48H,1-7H3,(H,42,46)(H,43,47). The van der Waals surface area contributed by atoms with Gasteiger partial charge in [0.1, 0.15) is 30.9 Å². The number of rotatable bonds is 6. The molecule has 14 heteroatoms. The summed E-state index contributed by atoms with van der Waals surface area (Å²) in [6, 6.07) is 5.85. The molecule has 2 heterocycles. The Labute approximate surface area is 285 Å². The highest BCUT2D eigenvalue weighted by Crippen LogP contribution is 2.46. The molecule has 2 amide bonds. The summed E-state index contributed by atoms with van der Waals surface area (Å²) in [7, 11) is -0.669. The van der Waals surface area contributed by atoms with E-state index in [2.05, 4.69) is 68.7 Å². The maximum absolute atomic E-state index is 14.5. The molecule has 49 heavy (non-hydrogen) atoms. The number of aliphatic hydroxyl groups is 1. The first kappa shape index (κ1) is 36.0. The highest BCUT2D eigenvalue weighted by atomic mass is 35.5. The van der Waals surface area contributed by atoms with Gasteiger partial charge in [-0.1, -0.05) is 59.1 Å². The Morgan fingerprint density at radius 2 is 1.65 bits per heavy atom. The monoisotopic (exact) mass is 716 g/mol. The van der Waals surface area contributed by atoms with Crippen molar-refractivity contribution in [3.05, 3.63) is 92.6 Å². The van der Waals surface area contributed by atoms with E-state index < -0.39 is 54.6 Å². The van der Waals surface area contributed by atoms with Crippen LogP contribution >= 0.6 is 11.6 Å². The van der Waals surface area contributed by atoms with Crippen LogP contribution < -0.4 is 10.6 Å². The molecule has 7 nitrogen and oxygen atoms in total. The van der Waals surface area contributed by atoms with Gasteiger partial charge in [0.15, 0.2) is 5.72 Å². The quantitative estimate of drug-likeness (QED) is 0.106. The summed E-state index contributed by atoms with van der Waals surface area (Å²) in [4.78, 5) is 27.2. The SMILES string of the molecule is CC(C)[Si](C#Cc1c2cc(NC(=O)c3cc(F)cc(C(F)(F)F)c3)c3c(c2nn1C)C(=O)NC3(O)c1cc(F)ccc1Cl)(C(C)C)C(C)C. The zero-order valence-electron chi connectivity index (χ0n) is 27.7. The number of nitrogens with one attached hydrogen (secondary N) is 2. The molecule has 5 rings (SSSR count). The molecule has 4 aromatic rings. The summed E-state index contributed by atoms with van der Waals surface area (Å²) in [5, 5.41) is 21.7. The van der Waals surface area contributed by atoms with Crippen LogP contribution in [0.2, 0.25) is 21.6 Å². The van der Waals surface area contributed by atoms with Crippen molar-refractivity contribution in [1.29, 1.82) is 0 Å². The Morgan fingerprint density at radius 3 is 2.24 bits per heavy atom. The number of carbonyl (C=O) groups is 2. The lowest BCUT2D eigenvalue weighted by Crippen LogP contribution is -2.43. The Morgan fingerprint density at radius 1 is 1.02 bits per heavy atom. The van der Waals surface area contributed by atoms with Crippen molar-refractivity contribution in [3.8, 4) is 11.5 Å². The third-order valence-corrected chi connectivity index (χ3v) is 15.9. The molecule has 1 aliphatic heterocycles. The molecule has 0 saturated heterocycles. The number of alkyl halides is 3. The van der Waals surface area contributed by atoms with E-state index in [1.165, 1.54) is 16.8 Å². The number of aryl methyl sites for hydroxylation is 1. The van der Waals surface area contributed by atoms with Crippen molar-refractivity contribution in [2.24, 2.45) is 7.05 Å². The fraction of sp³-hybridized carbons (Fsp3) is 0.343. The zero-order chi connectivity index (χ0) is 36.4. The van der Waals surface area contributed by atoms with E-state index in [0.717, 1.165) is 12.1 Å². The molecule has 1 atom stereocenters. The minimum Gasteiger partial charge on any atom is -0.363 e. The number of nitrogens with zero attached hydrogens (tertiary/aromatic N) is 2.